The lowest BCUT2D eigenvalue weighted by molar-refractivity contribution is -0.112. The molecule has 1 saturated carbocycles. The summed E-state index contributed by atoms with van der Waals surface area (Å²) in [7, 11) is 0. The number of carbonyl (C=O) groups excluding carboxylic acids is 1. The highest BCUT2D eigenvalue weighted by Crippen LogP contribution is 2.25. The number of aromatic amines is 1. The first-order valence-corrected chi connectivity index (χ1v) is 7.62. The largest absolute Gasteiger partial charge is 0.381 e. The van der Waals surface area contributed by atoms with E-state index in [2.05, 4.69) is 21.4 Å². The summed E-state index contributed by atoms with van der Waals surface area (Å²) in [5.74, 6) is 0.0801. The van der Waals surface area contributed by atoms with Gasteiger partial charge in [-0.15, -0.1) is 0 Å². The molecule has 1 aliphatic rings. The molecule has 2 heterocycles. The minimum atomic E-state index is 0.0801. The van der Waals surface area contributed by atoms with E-state index in [9.17, 15) is 4.79 Å². The zero-order chi connectivity index (χ0) is 14.7. The van der Waals surface area contributed by atoms with Crippen molar-refractivity contribution in [2.75, 3.05) is 5.32 Å². The van der Waals surface area contributed by atoms with Crippen molar-refractivity contribution in [2.24, 2.45) is 0 Å². The van der Waals surface area contributed by atoms with Crippen LogP contribution in [0.4, 0.5) is 5.69 Å². The number of hydrogen-bond acceptors (Lipinski definition) is 3. The number of carbonyl (C=O) groups is 1. The molecule has 0 bridgehead atoms. The molecule has 2 aromatic heterocycles. The van der Waals surface area contributed by atoms with E-state index in [0.717, 1.165) is 23.1 Å². The molecule has 21 heavy (non-hydrogen) atoms. The molecule has 0 saturated heterocycles. The Kier molecular flexibility index (Phi) is 4.04. The van der Waals surface area contributed by atoms with Gasteiger partial charge in [-0.1, -0.05) is 18.9 Å². The monoisotopic (exact) mass is 283 g/mol. The Bertz CT molecular complexity index is 666. The number of allylic oxidation sites excluding steroid dienone is 2. The SMILES string of the molecule is CC(=O)C=CCc1c[nH]c2ncc(NC3CCCC3)cc12. The van der Waals surface area contributed by atoms with Crippen LogP contribution in [0.1, 0.15) is 38.2 Å². The Labute approximate surface area is 124 Å². The smallest absolute Gasteiger partial charge is 0.152 e. The summed E-state index contributed by atoms with van der Waals surface area (Å²) in [4.78, 5) is 18.6. The topological polar surface area (TPSA) is 57.8 Å². The van der Waals surface area contributed by atoms with Gasteiger partial charge < -0.3 is 10.3 Å². The number of ketones is 1. The molecule has 0 amide bonds. The van der Waals surface area contributed by atoms with Gasteiger partial charge in [0.15, 0.2) is 5.78 Å². The Morgan fingerprint density at radius 3 is 3.05 bits per heavy atom. The van der Waals surface area contributed by atoms with Gasteiger partial charge in [-0.2, -0.15) is 0 Å². The number of rotatable bonds is 5. The Morgan fingerprint density at radius 1 is 1.48 bits per heavy atom. The summed E-state index contributed by atoms with van der Waals surface area (Å²) in [6.45, 7) is 1.57. The van der Waals surface area contributed by atoms with Gasteiger partial charge in [-0.25, -0.2) is 4.98 Å². The quantitative estimate of drug-likeness (QED) is 0.824. The van der Waals surface area contributed by atoms with Crippen molar-refractivity contribution in [3.8, 4) is 0 Å². The summed E-state index contributed by atoms with van der Waals surface area (Å²) in [5, 5.41) is 4.71. The number of hydrogen-bond donors (Lipinski definition) is 2. The lowest BCUT2D eigenvalue weighted by Gasteiger charge is -2.13. The number of anilines is 1. The van der Waals surface area contributed by atoms with E-state index in [0.29, 0.717) is 6.04 Å². The molecule has 1 aliphatic carbocycles. The highest BCUT2D eigenvalue weighted by Gasteiger charge is 2.15. The second-order valence-electron chi connectivity index (χ2n) is 5.78. The summed E-state index contributed by atoms with van der Waals surface area (Å²) < 4.78 is 0. The van der Waals surface area contributed by atoms with Gasteiger partial charge in [0.25, 0.3) is 0 Å². The van der Waals surface area contributed by atoms with Crippen LogP contribution in [0.2, 0.25) is 0 Å². The lowest BCUT2D eigenvalue weighted by Crippen LogP contribution is -2.14. The van der Waals surface area contributed by atoms with E-state index >= 15 is 0 Å². The normalized spacial score (nSPS) is 16.0. The fourth-order valence-corrected chi connectivity index (χ4v) is 2.96. The average Bonchev–Trinajstić information content (AvgIpc) is 3.09. The predicted molar refractivity (Wildman–Crippen MR) is 85.5 cm³/mol. The van der Waals surface area contributed by atoms with E-state index in [1.54, 1.807) is 13.0 Å². The third kappa shape index (κ3) is 3.32. The molecule has 0 radical (unpaired) electrons. The van der Waals surface area contributed by atoms with E-state index in [-0.39, 0.29) is 5.78 Å². The molecule has 1 fully saturated rings. The number of aromatic nitrogens is 2. The second kappa shape index (κ2) is 6.12. The molecule has 3 rings (SSSR count). The highest BCUT2D eigenvalue weighted by molar-refractivity contribution is 5.87. The molecule has 0 atom stereocenters. The van der Waals surface area contributed by atoms with Gasteiger partial charge in [0.05, 0.1) is 11.9 Å². The van der Waals surface area contributed by atoms with Crippen LogP contribution in [0.3, 0.4) is 0 Å². The van der Waals surface area contributed by atoms with E-state index in [1.807, 2.05) is 18.5 Å². The van der Waals surface area contributed by atoms with Crippen LogP contribution in [0, 0.1) is 0 Å². The second-order valence-corrected chi connectivity index (χ2v) is 5.78. The van der Waals surface area contributed by atoms with Crippen molar-refractivity contribution in [3.63, 3.8) is 0 Å². The van der Waals surface area contributed by atoms with Crippen molar-refractivity contribution in [1.29, 1.82) is 0 Å². The molecule has 0 unspecified atom stereocenters. The van der Waals surface area contributed by atoms with E-state index in [4.69, 9.17) is 0 Å². The number of nitrogens with zero attached hydrogens (tertiary/aromatic N) is 1. The minimum absolute atomic E-state index is 0.0801. The van der Waals surface area contributed by atoms with Gasteiger partial charge in [0.1, 0.15) is 5.65 Å². The number of pyridine rings is 1. The average molecular weight is 283 g/mol. The van der Waals surface area contributed by atoms with Crippen molar-refractivity contribution >= 4 is 22.5 Å². The van der Waals surface area contributed by atoms with Gasteiger partial charge in [-0.05, 0) is 43.9 Å². The first-order chi connectivity index (χ1) is 10.2. The maximum absolute atomic E-state index is 11.0. The standard InChI is InChI=1S/C17H21N3O/c1-12(21)5-4-6-13-10-18-17-16(13)9-15(11-19-17)20-14-7-2-3-8-14/h4-5,9-11,14,20H,2-3,6-8H2,1H3,(H,18,19). The first-order valence-electron chi connectivity index (χ1n) is 7.62. The molecule has 0 spiro atoms. The number of fused-ring (bicyclic) bond motifs is 1. The van der Waals surface area contributed by atoms with Crippen LogP contribution in [0.25, 0.3) is 11.0 Å². The van der Waals surface area contributed by atoms with Gasteiger partial charge in [-0.3, -0.25) is 4.79 Å². The Morgan fingerprint density at radius 2 is 2.29 bits per heavy atom. The first kappa shape index (κ1) is 13.9. The van der Waals surface area contributed by atoms with Crippen molar-refractivity contribution in [3.05, 3.63) is 36.2 Å². The lowest BCUT2D eigenvalue weighted by atomic mass is 10.1. The highest BCUT2D eigenvalue weighted by atomic mass is 16.1. The molecular weight excluding hydrogens is 262 g/mol. The minimum Gasteiger partial charge on any atom is -0.381 e. The predicted octanol–water partition coefficient (Wildman–Crippen LogP) is 3.61. The fourth-order valence-electron chi connectivity index (χ4n) is 2.96. The van der Waals surface area contributed by atoms with Crippen LogP contribution < -0.4 is 5.32 Å². The van der Waals surface area contributed by atoms with Crippen molar-refractivity contribution < 1.29 is 4.79 Å². The summed E-state index contributed by atoms with van der Waals surface area (Å²) in [5.41, 5.74) is 3.16. The van der Waals surface area contributed by atoms with Gasteiger partial charge in [0.2, 0.25) is 0 Å². The Hall–Kier alpha value is -2.10. The molecular formula is C17H21N3O. The molecule has 4 heteroatoms. The van der Waals surface area contributed by atoms with Crippen LogP contribution in [-0.4, -0.2) is 21.8 Å². The van der Waals surface area contributed by atoms with E-state index < -0.39 is 0 Å². The molecule has 0 aliphatic heterocycles. The van der Waals surface area contributed by atoms with Gasteiger partial charge in [0, 0.05) is 17.6 Å². The molecule has 4 nitrogen and oxygen atoms in total. The molecule has 2 aromatic rings. The zero-order valence-corrected chi connectivity index (χ0v) is 12.4. The number of H-pyrrole nitrogens is 1. The summed E-state index contributed by atoms with van der Waals surface area (Å²) >= 11 is 0. The van der Waals surface area contributed by atoms with Crippen LogP contribution in [0.5, 0.6) is 0 Å². The fraction of sp³-hybridized carbons (Fsp3) is 0.412. The third-order valence-electron chi connectivity index (χ3n) is 4.03. The molecule has 0 aromatic carbocycles. The third-order valence-corrected chi connectivity index (χ3v) is 4.03. The maximum Gasteiger partial charge on any atom is 0.152 e. The Balaban J connectivity index is 1.79. The van der Waals surface area contributed by atoms with Crippen LogP contribution >= 0.6 is 0 Å². The van der Waals surface area contributed by atoms with Crippen LogP contribution in [0.15, 0.2) is 30.6 Å². The zero-order valence-electron chi connectivity index (χ0n) is 12.4. The van der Waals surface area contributed by atoms with Crippen molar-refractivity contribution in [2.45, 2.75) is 45.1 Å². The number of nitrogens with one attached hydrogen (secondary N) is 2. The summed E-state index contributed by atoms with van der Waals surface area (Å²) in [6.07, 6.45) is 13.3. The van der Waals surface area contributed by atoms with E-state index in [1.165, 1.54) is 31.2 Å². The summed E-state index contributed by atoms with van der Waals surface area (Å²) in [6, 6.07) is 2.75. The van der Waals surface area contributed by atoms with Crippen LogP contribution in [-0.2, 0) is 11.2 Å². The molecule has 2 N–H and O–H groups in total. The maximum atomic E-state index is 11.0. The molecule has 110 valence electrons. The van der Waals surface area contributed by atoms with Gasteiger partial charge >= 0.3 is 0 Å². The van der Waals surface area contributed by atoms with Crippen molar-refractivity contribution in [1.82, 2.24) is 9.97 Å².